The quantitative estimate of drug-likeness (QED) is 0.697. The molecule has 0 saturated carbocycles. The second-order valence-electron chi connectivity index (χ2n) is 4.79. The molecule has 18 heavy (non-hydrogen) atoms. The molecule has 2 heterocycles. The summed E-state index contributed by atoms with van der Waals surface area (Å²) >= 11 is 0. The summed E-state index contributed by atoms with van der Waals surface area (Å²) in [6.07, 6.45) is 2.04. The molecule has 2 unspecified atom stereocenters. The van der Waals surface area contributed by atoms with E-state index in [-0.39, 0.29) is 42.6 Å². The lowest BCUT2D eigenvalue weighted by atomic mass is 10.2. The van der Waals surface area contributed by atoms with Gasteiger partial charge in [-0.2, -0.15) is 0 Å². The van der Waals surface area contributed by atoms with Gasteiger partial charge in [-0.3, -0.25) is 4.79 Å². The molecule has 0 aromatic carbocycles. The second kappa shape index (κ2) is 5.99. The van der Waals surface area contributed by atoms with Gasteiger partial charge in [-0.05, 0) is 12.8 Å². The molecule has 0 spiro atoms. The van der Waals surface area contributed by atoms with Crippen LogP contribution in [0.25, 0.3) is 0 Å². The molecule has 0 aromatic rings. The Hall–Kier alpha value is -0.660. The molecule has 0 amide bonds. The van der Waals surface area contributed by atoms with Gasteiger partial charge >= 0.3 is 5.97 Å². The number of sulfone groups is 1. The van der Waals surface area contributed by atoms with Gasteiger partial charge in [0.25, 0.3) is 0 Å². The van der Waals surface area contributed by atoms with Gasteiger partial charge in [0.05, 0.1) is 24.0 Å². The number of rotatable bonds is 4. The maximum Gasteiger partial charge on any atom is 0.307 e. The predicted octanol–water partition coefficient (Wildman–Crippen LogP) is -0.515. The van der Waals surface area contributed by atoms with E-state index in [0.29, 0.717) is 6.54 Å². The van der Waals surface area contributed by atoms with Crippen molar-refractivity contribution >= 4 is 15.8 Å². The lowest BCUT2D eigenvalue weighted by Gasteiger charge is -2.23. The van der Waals surface area contributed by atoms with Gasteiger partial charge in [0, 0.05) is 19.2 Å². The van der Waals surface area contributed by atoms with E-state index < -0.39 is 9.84 Å². The van der Waals surface area contributed by atoms with E-state index in [4.69, 9.17) is 9.47 Å². The summed E-state index contributed by atoms with van der Waals surface area (Å²) in [5.41, 5.74) is 0. The van der Waals surface area contributed by atoms with Crippen LogP contribution in [0.2, 0.25) is 0 Å². The minimum atomic E-state index is -3.00. The van der Waals surface area contributed by atoms with Gasteiger partial charge in [0.2, 0.25) is 0 Å². The first-order valence-electron chi connectivity index (χ1n) is 6.26. The molecule has 1 N–H and O–H groups in total. The van der Waals surface area contributed by atoms with E-state index in [9.17, 15) is 13.2 Å². The number of hydrogen-bond acceptors (Lipinski definition) is 6. The molecular weight excluding hydrogens is 258 g/mol. The van der Waals surface area contributed by atoms with Crippen LogP contribution in [0.1, 0.15) is 19.3 Å². The minimum Gasteiger partial charge on any atom is -0.463 e. The van der Waals surface area contributed by atoms with Crippen molar-refractivity contribution in [3.63, 3.8) is 0 Å². The molecule has 0 bridgehead atoms. The zero-order valence-corrected chi connectivity index (χ0v) is 11.1. The first-order chi connectivity index (χ1) is 8.55. The molecule has 104 valence electrons. The highest BCUT2D eigenvalue weighted by atomic mass is 32.2. The molecule has 6 nitrogen and oxygen atoms in total. The number of hydrogen-bond donors (Lipinski definition) is 1. The van der Waals surface area contributed by atoms with Crippen LogP contribution in [0.3, 0.4) is 0 Å². The molecule has 0 aliphatic carbocycles. The maximum atomic E-state index is 11.6. The zero-order valence-electron chi connectivity index (χ0n) is 10.3. The maximum absolute atomic E-state index is 11.6. The lowest BCUT2D eigenvalue weighted by molar-refractivity contribution is -0.147. The fraction of sp³-hybridized carbons (Fsp3) is 0.909. The summed E-state index contributed by atoms with van der Waals surface area (Å²) in [6.45, 7) is 1.41. The number of esters is 1. The van der Waals surface area contributed by atoms with Crippen LogP contribution in [-0.4, -0.2) is 57.8 Å². The molecule has 2 aliphatic heterocycles. The van der Waals surface area contributed by atoms with Crippen molar-refractivity contribution in [2.75, 3.05) is 31.3 Å². The number of ether oxygens (including phenoxy) is 2. The van der Waals surface area contributed by atoms with Gasteiger partial charge in [0.15, 0.2) is 9.84 Å². The van der Waals surface area contributed by atoms with Crippen LogP contribution in [-0.2, 0) is 24.1 Å². The Morgan fingerprint density at radius 2 is 2.28 bits per heavy atom. The Morgan fingerprint density at radius 3 is 2.94 bits per heavy atom. The smallest absolute Gasteiger partial charge is 0.307 e. The SMILES string of the molecule is O=C(CC1CS(=O)(=O)CCN1)OCC1CCCO1. The van der Waals surface area contributed by atoms with Crippen molar-refractivity contribution in [1.29, 1.82) is 0 Å². The van der Waals surface area contributed by atoms with Gasteiger partial charge in [-0.1, -0.05) is 0 Å². The van der Waals surface area contributed by atoms with E-state index in [2.05, 4.69) is 5.32 Å². The van der Waals surface area contributed by atoms with E-state index in [1.807, 2.05) is 0 Å². The highest BCUT2D eigenvalue weighted by molar-refractivity contribution is 7.91. The Bertz CT molecular complexity index is 388. The van der Waals surface area contributed by atoms with Crippen molar-refractivity contribution in [2.45, 2.75) is 31.4 Å². The van der Waals surface area contributed by atoms with Crippen LogP contribution in [0.15, 0.2) is 0 Å². The number of carbonyl (C=O) groups excluding carboxylic acids is 1. The fourth-order valence-electron chi connectivity index (χ4n) is 2.22. The Morgan fingerprint density at radius 1 is 1.44 bits per heavy atom. The molecule has 2 saturated heterocycles. The van der Waals surface area contributed by atoms with Gasteiger partial charge in [0.1, 0.15) is 6.61 Å². The van der Waals surface area contributed by atoms with E-state index in [1.54, 1.807) is 0 Å². The van der Waals surface area contributed by atoms with Crippen molar-refractivity contribution in [3.8, 4) is 0 Å². The van der Waals surface area contributed by atoms with Crippen molar-refractivity contribution in [1.82, 2.24) is 5.32 Å². The second-order valence-corrected chi connectivity index (χ2v) is 7.02. The summed E-state index contributed by atoms with van der Waals surface area (Å²) in [5, 5.41) is 3.02. The molecule has 2 aliphatic rings. The first kappa shape index (κ1) is 13.8. The largest absolute Gasteiger partial charge is 0.463 e. The lowest BCUT2D eigenvalue weighted by Crippen LogP contribution is -2.46. The highest BCUT2D eigenvalue weighted by Gasteiger charge is 2.27. The molecular formula is C11H19NO5S. The summed E-state index contributed by atoms with van der Waals surface area (Å²) in [4.78, 5) is 11.6. The molecule has 0 aromatic heterocycles. The number of carbonyl (C=O) groups is 1. The fourth-order valence-corrected chi connectivity index (χ4v) is 3.66. The average molecular weight is 277 g/mol. The van der Waals surface area contributed by atoms with Crippen molar-refractivity contribution in [2.24, 2.45) is 0 Å². The Balaban J connectivity index is 1.70. The molecule has 7 heteroatoms. The van der Waals surface area contributed by atoms with E-state index >= 15 is 0 Å². The van der Waals surface area contributed by atoms with Crippen LogP contribution < -0.4 is 5.32 Å². The van der Waals surface area contributed by atoms with Gasteiger partial charge in [-0.25, -0.2) is 8.42 Å². The van der Waals surface area contributed by atoms with Crippen LogP contribution in [0.4, 0.5) is 0 Å². The van der Waals surface area contributed by atoms with Crippen molar-refractivity contribution < 1.29 is 22.7 Å². The summed E-state index contributed by atoms with van der Waals surface area (Å²) < 4.78 is 33.2. The predicted molar refractivity (Wildman–Crippen MR) is 65.0 cm³/mol. The Kier molecular flexibility index (Phi) is 4.58. The summed E-state index contributed by atoms with van der Waals surface area (Å²) in [7, 11) is -3.00. The number of nitrogens with one attached hydrogen (secondary N) is 1. The van der Waals surface area contributed by atoms with Crippen LogP contribution in [0, 0.1) is 0 Å². The topological polar surface area (TPSA) is 81.7 Å². The van der Waals surface area contributed by atoms with Crippen LogP contribution in [0.5, 0.6) is 0 Å². The van der Waals surface area contributed by atoms with E-state index in [0.717, 1.165) is 19.4 Å². The Labute approximate surface area is 107 Å². The first-order valence-corrected chi connectivity index (χ1v) is 8.08. The molecule has 2 atom stereocenters. The van der Waals surface area contributed by atoms with Gasteiger partial charge < -0.3 is 14.8 Å². The third-order valence-electron chi connectivity index (χ3n) is 3.17. The third kappa shape index (κ3) is 4.22. The molecule has 0 radical (unpaired) electrons. The normalized spacial score (nSPS) is 31.1. The monoisotopic (exact) mass is 277 g/mol. The summed E-state index contributed by atoms with van der Waals surface area (Å²) in [6, 6.07) is -0.319. The van der Waals surface area contributed by atoms with Gasteiger partial charge in [-0.15, -0.1) is 0 Å². The zero-order chi connectivity index (χ0) is 13.0. The highest BCUT2D eigenvalue weighted by Crippen LogP contribution is 2.13. The van der Waals surface area contributed by atoms with Crippen molar-refractivity contribution in [3.05, 3.63) is 0 Å². The van der Waals surface area contributed by atoms with E-state index in [1.165, 1.54) is 0 Å². The standard InChI is InChI=1S/C11H19NO5S/c13-11(17-7-10-2-1-4-16-10)6-9-8-18(14,15)5-3-12-9/h9-10,12H,1-8H2. The summed E-state index contributed by atoms with van der Waals surface area (Å²) in [5.74, 6) is -0.198. The van der Waals surface area contributed by atoms with Crippen LogP contribution >= 0.6 is 0 Å². The average Bonchev–Trinajstić information content (AvgIpc) is 2.77. The molecule has 2 rings (SSSR count). The minimum absolute atomic E-state index is 0.0111. The third-order valence-corrected chi connectivity index (χ3v) is 4.90. The molecule has 2 fully saturated rings.